The van der Waals surface area contributed by atoms with Crippen molar-refractivity contribution >= 4 is 0 Å². The number of ether oxygens (including phenoxy) is 5. The lowest BCUT2D eigenvalue weighted by Crippen LogP contribution is -2.58. The Bertz CT molecular complexity index is 517. The fourth-order valence-electron chi connectivity index (χ4n) is 1.14. The summed E-state index contributed by atoms with van der Waals surface area (Å²) in [5.74, 6) is 0. The number of halogens is 12. The Morgan fingerprint density at radius 3 is 0.966 bits per heavy atom. The molecule has 29 heavy (non-hydrogen) atoms. The molecule has 0 amide bonds. The van der Waals surface area contributed by atoms with Gasteiger partial charge in [-0.2, -0.15) is 52.7 Å². The normalized spacial score (nSPS) is 14.5. The summed E-state index contributed by atoms with van der Waals surface area (Å²) in [7, 11) is 0. The van der Waals surface area contributed by atoms with Crippen LogP contribution in [0.25, 0.3) is 0 Å². The SMILES string of the molecule is C=COCC(F)(F)OC(F)(F)C(F)(F)OC(F)(F)C(F)(F)OC(F)(F)COC=C. The Morgan fingerprint density at radius 2 is 0.724 bits per heavy atom. The molecular formula is C12H10F12O5. The van der Waals surface area contributed by atoms with Crippen molar-refractivity contribution in [3.8, 4) is 0 Å². The molecule has 5 nitrogen and oxygen atoms in total. The van der Waals surface area contributed by atoms with Crippen LogP contribution < -0.4 is 0 Å². The van der Waals surface area contributed by atoms with Gasteiger partial charge in [-0.25, -0.2) is 14.2 Å². The van der Waals surface area contributed by atoms with Crippen LogP contribution in [0, 0.1) is 0 Å². The van der Waals surface area contributed by atoms with Crippen LogP contribution >= 0.6 is 0 Å². The topological polar surface area (TPSA) is 46.2 Å². The summed E-state index contributed by atoms with van der Waals surface area (Å²) in [6, 6.07) is 0. The molecule has 0 aliphatic rings. The van der Waals surface area contributed by atoms with Crippen LogP contribution in [0.2, 0.25) is 0 Å². The van der Waals surface area contributed by atoms with Gasteiger partial charge in [0.25, 0.3) is 0 Å². The summed E-state index contributed by atoms with van der Waals surface area (Å²) < 4.78 is 170. The Hall–Kier alpha value is -1.88. The van der Waals surface area contributed by atoms with E-state index in [9.17, 15) is 52.7 Å². The van der Waals surface area contributed by atoms with E-state index in [4.69, 9.17) is 0 Å². The molecule has 0 aromatic carbocycles. The number of alkyl halides is 12. The highest BCUT2D eigenvalue weighted by atomic mass is 19.4. The van der Waals surface area contributed by atoms with E-state index in [1.165, 1.54) is 0 Å². The lowest BCUT2D eigenvalue weighted by molar-refractivity contribution is -0.558. The maximum Gasteiger partial charge on any atom is 0.453 e. The van der Waals surface area contributed by atoms with E-state index in [1.54, 1.807) is 0 Å². The van der Waals surface area contributed by atoms with Crippen molar-refractivity contribution in [2.24, 2.45) is 0 Å². The molecule has 0 aliphatic carbocycles. The lowest BCUT2D eigenvalue weighted by atomic mass is 10.5. The van der Waals surface area contributed by atoms with Gasteiger partial charge in [0.1, 0.15) is 0 Å². The number of hydrogen-bond acceptors (Lipinski definition) is 5. The van der Waals surface area contributed by atoms with Gasteiger partial charge < -0.3 is 9.47 Å². The highest BCUT2D eigenvalue weighted by Crippen LogP contribution is 2.48. The smallest absolute Gasteiger partial charge is 0.453 e. The molecule has 0 aromatic rings. The van der Waals surface area contributed by atoms with Gasteiger partial charge in [0.05, 0.1) is 12.5 Å². The quantitative estimate of drug-likeness (QED) is 0.271. The van der Waals surface area contributed by atoms with Gasteiger partial charge in [-0.1, -0.05) is 13.2 Å². The molecule has 0 rings (SSSR count). The van der Waals surface area contributed by atoms with Crippen molar-refractivity contribution < 1.29 is 76.4 Å². The minimum absolute atomic E-state index is 0.229. The second kappa shape index (κ2) is 8.86. The Kier molecular flexibility index (Phi) is 8.29. The molecular weight excluding hydrogens is 452 g/mol. The highest BCUT2D eigenvalue weighted by molar-refractivity contribution is 4.77. The standard InChI is InChI=1S/C12H10F12O5/c1-3-25-5-7(13,14)27-9(17,18)11(21,22)29-12(23,24)10(19,20)28-8(15,16)6-26-4-2/h3-4H,1-2,5-6H2. The first-order chi connectivity index (χ1) is 12.7. The molecule has 0 saturated heterocycles. The zero-order valence-electron chi connectivity index (χ0n) is 13.6. The van der Waals surface area contributed by atoms with Crippen LogP contribution in [0.5, 0.6) is 0 Å². The van der Waals surface area contributed by atoms with E-state index >= 15 is 0 Å². The first kappa shape index (κ1) is 27.1. The van der Waals surface area contributed by atoms with Gasteiger partial charge in [0, 0.05) is 0 Å². The van der Waals surface area contributed by atoms with Crippen molar-refractivity contribution in [3.63, 3.8) is 0 Å². The third kappa shape index (κ3) is 7.81. The van der Waals surface area contributed by atoms with Crippen LogP contribution in [0.3, 0.4) is 0 Å². The molecule has 0 aromatic heterocycles. The van der Waals surface area contributed by atoms with E-state index in [0.29, 0.717) is 0 Å². The van der Waals surface area contributed by atoms with Gasteiger partial charge >= 0.3 is 36.7 Å². The van der Waals surface area contributed by atoms with Crippen molar-refractivity contribution in [2.45, 2.75) is 36.7 Å². The van der Waals surface area contributed by atoms with Gasteiger partial charge in [-0.05, 0) is 0 Å². The molecule has 0 N–H and O–H groups in total. The van der Waals surface area contributed by atoms with Gasteiger partial charge in [0.2, 0.25) is 0 Å². The maximum absolute atomic E-state index is 13.1. The number of rotatable bonds is 14. The van der Waals surface area contributed by atoms with Crippen molar-refractivity contribution in [1.82, 2.24) is 0 Å². The zero-order chi connectivity index (χ0) is 23.4. The van der Waals surface area contributed by atoms with Crippen LogP contribution in [0.1, 0.15) is 0 Å². The second-order valence-electron chi connectivity index (χ2n) is 4.60. The Morgan fingerprint density at radius 1 is 0.483 bits per heavy atom. The third-order valence-corrected chi connectivity index (χ3v) is 2.23. The van der Waals surface area contributed by atoms with E-state index in [2.05, 4.69) is 32.1 Å². The average molecular weight is 462 g/mol. The Balaban J connectivity index is 5.48. The molecule has 0 bridgehead atoms. The first-order valence-corrected chi connectivity index (χ1v) is 6.56. The summed E-state index contributed by atoms with van der Waals surface area (Å²) in [5.41, 5.74) is 0. The minimum Gasteiger partial charge on any atom is -0.493 e. The highest BCUT2D eigenvalue weighted by Gasteiger charge is 2.74. The van der Waals surface area contributed by atoms with Crippen LogP contribution in [0.15, 0.2) is 25.7 Å². The maximum atomic E-state index is 13.1. The lowest BCUT2D eigenvalue weighted by Gasteiger charge is -2.34. The van der Waals surface area contributed by atoms with Crippen LogP contribution in [-0.2, 0) is 23.7 Å². The van der Waals surface area contributed by atoms with E-state index in [1.807, 2.05) is 4.74 Å². The van der Waals surface area contributed by atoms with Crippen molar-refractivity contribution in [2.75, 3.05) is 13.2 Å². The summed E-state index contributed by atoms with van der Waals surface area (Å²) in [5, 5.41) is 0. The molecule has 0 heterocycles. The molecule has 172 valence electrons. The minimum atomic E-state index is -6.91. The average Bonchev–Trinajstić information content (AvgIpc) is 2.47. The largest absolute Gasteiger partial charge is 0.493 e. The second-order valence-corrected chi connectivity index (χ2v) is 4.60. The molecule has 0 unspecified atom stereocenters. The van der Waals surface area contributed by atoms with Gasteiger partial charge in [0.15, 0.2) is 13.2 Å². The molecule has 0 spiro atoms. The molecule has 0 atom stereocenters. The van der Waals surface area contributed by atoms with Gasteiger partial charge in [-0.15, -0.1) is 0 Å². The fraction of sp³-hybridized carbons (Fsp3) is 0.667. The monoisotopic (exact) mass is 462 g/mol. The summed E-state index contributed by atoms with van der Waals surface area (Å²) in [6.45, 7) is 1.03. The molecule has 0 fully saturated rings. The van der Waals surface area contributed by atoms with Crippen molar-refractivity contribution in [1.29, 1.82) is 0 Å². The molecule has 0 saturated carbocycles. The summed E-state index contributed by atoms with van der Waals surface area (Å²) in [6.07, 6.45) is -37.3. The fourth-order valence-corrected chi connectivity index (χ4v) is 1.14. The predicted octanol–water partition coefficient (Wildman–Crippen LogP) is 4.91. The zero-order valence-corrected chi connectivity index (χ0v) is 13.6. The van der Waals surface area contributed by atoms with E-state index in [0.717, 1.165) is 0 Å². The summed E-state index contributed by atoms with van der Waals surface area (Å²) in [4.78, 5) is 0. The first-order valence-electron chi connectivity index (χ1n) is 6.56. The molecule has 0 radical (unpaired) electrons. The third-order valence-electron chi connectivity index (χ3n) is 2.23. The van der Waals surface area contributed by atoms with Crippen molar-refractivity contribution in [3.05, 3.63) is 25.7 Å². The van der Waals surface area contributed by atoms with Crippen LogP contribution in [0.4, 0.5) is 52.7 Å². The van der Waals surface area contributed by atoms with Crippen LogP contribution in [-0.4, -0.2) is 49.9 Å². The summed E-state index contributed by atoms with van der Waals surface area (Å²) >= 11 is 0. The number of hydrogen-bond donors (Lipinski definition) is 0. The Labute approximate surface area is 153 Å². The predicted molar refractivity (Wildman–Crippen MR) is 65.2 cm³/mol. The van der Waals surface area contributed by atoms with Gasteiger partial charge in [-0.3, -0.25) is 0 Å². The van der Waals surface area contributed by atoms with E-state index in [-0.39, 0.29) is 12.5 Å². The molecule has 17 heteroatoms. The molecule has 0 aliphatic heterocycles. The van der Waals surface area contributed by atoms with E-state index < -0.39 is 49.9 Å².